The Hall–Kier alpha value is -4.04. The molecule has 1 saturated heterocycles. The van der Waals surface area contributed by atoms with Crippen molar-refractivity contribution in [3.8, 4) is 0 Å². The summed E-state index contributed by atoms with van der Waals surface area (Å²) in [5.41, 5.74) is -0.0816. The van der Waals surface area contributed by atoms with Crippen molar-refractivity contribution < 1.29 is 32.4 Å². The molecule has 56 heavy (non-hydrogen) atoms. The van der Waals surface area contributed by atoms with Crippen molar-refractivity contribution in [2.75, 3.05) is 19.6 Å². The number of fused-ring (bicyclic) bond motifs is 1. The van der Waals surface area contributed by atoms with Crippen molar-refractivity contribution in [2.45, 2.75) is 122 Å². The number of nitrogens with one attached hydrogen (secondary N) is 4. The van der Waals surface area contributed by atoms with Crippen LogP contribution in [0.1, 0.15) is 91.5 Å². The van der Waals surface area contributed by atoms with E-state index in [0.717, 1.165) is 50.5 Å². The average Bonchev–Trinajstić information content (AvgIpc) is 3.83. The molecule has 2 aliphatic heterocycles. The number of carbonyl (C=O) groups excluding carboxylic acids is 5. The molecule has 5 amide bonds. The molecule has 2 unspecified atom stereocenters. The van der Waals surface area contributed by atoms with E-state index in [9.17, 15) is 32.4 Å². The lowest BCUT2D eigenvalue weighted by Gasteiger charge is -2.37. The van der Waals surface area contributed by atoms with E-state index in [1.54, 1.807) is 24.3 Å². The van der Waals surface area contributed by atoms with Gasteiger partial charge in [0.25, 0.3) is 5.91 Å². The Bertz CT molecular complexity index is 1760. The Labute approximate surface area is 332 Å². The lowest BCUT2D eigenvalue weighted by Crippen LogP contribution is -2.62. The first-order valence-corrected chi connectivity index (χ1v) is 21.7. The first-order chi connectivity index (χ1) is 26.5. The Morgan fingerprint density at radius 1 is 0.946 bits per heavy atom. The van der Waals surface area contributed by atoms with Crippen LogP contribution in [0.15, 0.2) is 54.5 Å². The number of carbonyl (C=O) groups is 5. The van der Waals surface area contributed by atoms with Gasteiger partial charge >= 0.3 is 6.03 Å². The van der Waals surface area contributed by atoms with Crippen molar-refractivity contribution in [3.05, 3.63) is 55.1 Å². The molecular formula is C42H62N6O7S. The summed E-state index contributed by atoms with van der Waals surface area (Å²) < 4.78 is 28.5. The molecule has 2 heterocycles. The van der Waals surface area contributed by atoms with Gasteiger partial charge in [-0.3, -0.25) is 19.2 Å². The highest BCUT2D eigenvalue weighted by molar-refractivity contribution is 7.89. The third-order valence-corrected chi connectivity index (χ3v) is 14.0. The fourth-order valence-electron chi connectivity index (χ4n) is 8.68. The molecule has 0 spiro atoms. The number of hydrogen-bond donors (Lipinski definition) is 4. The highest BCUT2D eigenvalue weighted by Crippen LogP contribution is 2.39. The molecule has 2 saturated carbocycles. The summed E-state index contributed by atoms with van der Waals surface area (Å²) in [6, 6.07) is 2.67. The van der Waals surface area contributed by atoms with Gasteiger partial charge in [0.1, 0.15) is 12.1 Å². The monoisotopic (exact) mass is 794 g/mol. The number of Topliss-reactive ketones (excluding diaryl/α,β-unsaturated/α-hetero) is 1. The van der Waals surface area contributed by atoms with Gasteiger partial charge < -0.3 is 26.2 Å². The second-order valence-electron chi connectivity index (χ2n) is 17.6. The van der Waals surface area contributed by atoms with Crippen LogP contribution in [0.3, 0.4) is 0 Å². The molecule has 0 radical (unpaired) electrons. The van der Waals surface area contributed by atoms with Crippen LogP contribution >= 0.6 is 0 Å². The normalized spacial score (nSPS) is 24.0. The summed E-state index contributed by atoms with van der Waals surface area (Å²) in [6.45, 7) is 17.8. The lowest BCUT2D eigenvalue weighted by atomic mass is 9.82. The molecule has 4 N–H and O–H groups in total. The minimum atomic E-state index is -3.74. The van der Waals surface area contributed by atoms with Crippen molar-refractivity contribution in [1.82, 2.24) is 30.5 Å². The van der Waals surface area contributed by atoms with Gasteiger partial charge in [-0.2, -0.15) is 4.31 Å². The molecule has 1 aromatic rings. The third-order valence-electron chi connectivity index (χ3n) is 12.1. The van der Waals surface area contributed by atoms with Crippen molar-refractivity contribution >= 4 is 39.6 Å². The predicted octanol–water partition coefficient (Wildman–Crippen LogP) is 4.30. The molecule has 4 aliphatic rings. The van der Waals surface area contributed by atoms with Crippen LogP contribution in [-0.2, 0) is 35.7 Å². The Morgan fingerprint density at radius 3 is 2.21 bits per heavy atom. The highest BCUT2D eigenvalue weighted by atomic mass is 32.2. The largest absolute Gasteiger partial charge is 0.346 e. The fourth-order valence-corrected chi connectivity index (χ4v) is 10.3. The molecular weight excluding hydrogens is 733 g/mol. The first-order valence-electron chi connectivity index (χ1n) is 20.3. The first kappa shape index (κ1) is 43.1. The van der Waals surface area contributed by atoms with Crippen molar-refractivity contribution in [1.29, 1.82) is 0 Å². The van der Waals surface area contributed by atoms with Crippen LogP contribution in [0.2, 0.25) is 0 Å². The van der Waals surface area contributed by atoms with Gasteiger partial charge in [0, 0.05) is 38.1 Å². The minimum absolute atomic E-state index is 0.0501. The Balaban J connectivity index is 1.37. The number of urea groups is 1. The van der Waals surface area contributed by atoms with Crippen LogP contribution in [0, 0.1) is 35.0 Å². The van der Waals surface area contributed by atoms with Crippen LogP contribution in [-0.4, -0.2) is 91.0 Å². The molecule has 308 valence electrons. The number of amides is 5. The van der Waals surface area contributed by atoms with E-state index in [1.165, 1.54) is 15.3 Å². The summed E-state index contributed by atoms with van der Waals surface area (Å²) in [5, 5.41) is 11.4. The number of nitrogens with zero attached hydrogens (tertiary/aromatic N) is 2. The van der Waals surface area contributed by atoms with Crippen LogP contribution in [0.25, 0.3) is 0 Å². The molecule has 13 nitrogen and oxygen atoms in total. The zero-order valence-electron chi connectivity index (χ0n) is 33.7. The predicted molar refractivity (Wildman–Crippen MR) is 214 cm³/mol. The molecule has 1 aromatic carbocycles. The topological polar surface area (TPSA) is 174 Å². The smallest absolute Gasteiger partial charge is 0.315 e. The van der Waals surface area contributed by atoms with Crippen LogP contribution in [0.5, 0.6) is 0 Å². The Kier molecular flexibility index (Phi) is 13.9. The Morgan fingerprint density at radius 2 is 1.62 bits per heavy atom. The summed E-state index contributed by atoms with van der Waals surface area (Å²) in [6.07, 6.45) is 9.99. The standard InChI is InChI=1S/C42H62N6O7S/c1-8-21-43-39(51)36(49)32(22-27-19-20-27)44-38(50)35-30(9-2)31(26(3)4)24-48(35)40(52)37(42(5,6)7)46-41(53)45-33(28-15-11-10-12-16-28)25-47-23-29-17-13-14-18-34(29)56(47,54)55/h8-9,13-14,17-18,26-28,30-33,35,37H,1-2,10-12,15-16,19-25H2,3-7H3,(H,43,51)(H,44,50)(H2,45,46,53)/t30?,31-,32?,33-,35+,37-/m1/s1. The van der Waals surface area contributed by atoms with Crippen molar-refractivity contribution in [2.24, 2.45) is 35.0 Å². The molecule has 0 bridgehead atoms. The van der Waals surface area contributed by atoms with Gasteiger partial charge in [-0.1, -0.05) is 97.1 Å². The average molecular weight is 795 g/mol. The maximum Gasteiger partial charge on any atom is 0.315 e. The van der Waals surface area contributed by atoms with Gasteiger partial charge in [0.2, 0.25) is 27.6 Å². The summed E-state index contributed by atoms with van der Waals surface area (Å²) >= 11 is 0. The molecule has 14 heteroatoms. The molecule has 2 aliphatic carbocycles. The zero-order chi connectivity index (χ0) is 40.9. The van der Waals surface area contributed by atoms with E-state index in [0.29, 0.717) is 6.42 Å². The number of sulfonamides is 1. The lowest BCUT2D eigenvalue weighted by molar-refractivity contribution is -0.144. The second kappa shape index (κ2) is 18.0. The summed E-state index contributed by atoms with van der Waals surface area (Å²) in [7, 11) is -3.74. The second-order valence-corrected chi connectivity index (χ2v) is 19.5. The maximum absolute atomic E-state index is 14.8. The zero-order valence-corrected chi connectivity index (χ0v) is 34.5. The van der Waals surface area contributed by atoms with E-state index in [-0.39, 0.29) is 54.7 Å². The summed E-state index contributed by atoms with van der Waals surface area (Å²) in [5.74, 6) is -2.84. The highest BCUT2D eigenvalue weighted by Gasteiger charge is 2.51. The molecule has 0 aromatic heterocycles. The van der Waals surface area contributed by atoms with Crippen LogP contribution in [0.4, 0.5) is 4.79 Å². The third kappa shape index (κ3) is 9.90. The summed E-state index contributed by atoms with van der Waals surface area (Å²) in [4.78, 5) is 71.1. The van der Waals surface area contributed by atoms with Crippen molar-refractivity contribution in [3.63, 3.8) is 0 Å². The minimum Gasteiger partial charge on any atom is -0.346 e. The van der Waals surface area contributed by atoms with E-state index >= 15 is 0 Å². The van der Waals surface area contributed by atoms with E-state index in [1.807, 2.05) is 40.7 Å². The van der Waals surface area contributed by atoms with E-state index in [4.69, 9.17) is 0 Å². The molecule has 6 atom stereocenters. The van der Waals surface area contributed by atoms with E-state index < -0.39 is 75.1 Å². The number of likely N-dealkylation sites (tertiary alicyclic amines) is 1. The SMILES string of the molecule is C=CCNC(=O)C(=O)C(CC1CC1)NC(=O)[C@@H]1C(C=C)[C@@H](C(C)C)CN1C(=O)[C@@H](NC(=O)N[C@H](CN1Cc2ccccc2S1(=O)=O)C1CCCCC1)C(C)(C)C. The molecule has 3 fully saturated rings. The van der Waals surface area contributed by atoms with E-state index in [2.05, 4.69) is 34.4 Å². The number of rotatable bonds is 16. The van der Waals surface area contributed by atoms with Gasteiger partial charge in [-0.25, -0.2) is 13.2 Å². The maximum atomic E-state index is 14.8. The quantitative estimate of drug-likeness (QED) is 0.143. The van der Waals surface area contributed by atoms with Gasteiger partial charge in [0.15, 0.2) is 0 Å². The molecule has 5 rings (SSSR count). The fraction of sp³-hybridized carbons (Fsp3) is 0.643. The van der Waals surface area contributed by atoms with Gasteiger partial charge in [-0.15, -0.1) is 13.2 Å². The number of hydrogen-bond acceptors (Lipinski definition) is 7. The van der Waals surface area contributed by atoms with Gasteiger partial charge in [-0.05, 0) is 60.0 Å². The number of benzene rings is 1. The van der Waals surface area contributed by atoms with Crippen LogP contribution < -0.4 is 21.3 Å². The van der Waals surface area contributed by atoms with Gasteiger partial charge in [0.05, 0.1) is 10.9 Å². The number of ketones is 1.